The van der Waals surface area contributed by atoms with Gasteiger partial charge in [-0.3, -0.25) is 9.59 Å². The molecule has 2 N–H and O–H groups in total. The zero-order valence-corrected chi connectivity index (χ0v) is 13.6. The summed E-state index contributed by atoms with van der Waals surface area (Å²) in [5.41, 5.74) is 0. The first-order chi connectivity index (χ1) is 12.6. The van der Waals surface area contributed by atoms with Gasteiger partial charge >= 0.3 is 23.8 Å². The summed E-state index contributed by atoms with van der Waals surface area (Å²) in [5, 5.41) is 4.53. The number of carbonyl (C=O) groups excluding carboxylic acids is 4. The Bertz CT molecular complexity index is 709. The van der Waals surface area contributed by atoms with Crippen LogP contribution in [0.15, 0.2) is 60.7 Å². The SMILES string of the molecule is O=C(NCCNC(=O)C(=O)Oc1ccccc1)C(=O)Oc1ccccc1. The van der Waals surface area contributed by atoms with E-state index in [0.29, 0.717) is 0 Å². The van der Waals surface area contributed by atoms with Crippen LogP contribution < -0.4 is 20.1 Å². The molecule has 2 aromatic carbocycles. The smallest absolute Gasteiger partial charge is 0.402 e. The third-order valence-corrected chi connectivity index (χ3v) is 2.97. The molecular formula is C18H16N2O6. The Morgan fingerprint density at radius 2 is 0.962 bits per heavy atom. The largest absolute Gasteiger partial charge is 0.419 e. The number of nitrogens with one attached hydrogen (secondary N) is 2. The van der Waals surface area contributed by atoms with Gasteiger partial charge in [0.15, 0.2) is 0 Å². The van der Waals surface area contributed by atoms with Crippen LogP contribution in [0.25, 0.3) is 0 Å². The molecule has 0 heterocycles. The maximum atomic E-state index is 11.6. The zero-order chi connectivity index (χ0) is 18.8. The van der Waals surface area contributed by atoms with Crippen molar-refractivity contribution in [2.24, 2.45) is 0 Å². The summed E-state index contributed by atoms with van der Waals surface area (Å²) >= 11 is 0. The predicted octanol–water partition coefficient (Wildman–Crippen LogP) is 0.430. The number of amides is 2. The first-order valence-electron chi connectivity index (χ1n) is 7.66. The van der Waals surface area contributed by atoms with Crippen LogP contribution in [0.2, 0.25) is 0 Å². The molecule has 8 heteroatoms. The van der Waals surface area contributed by atoms with Crippen LogP contribution in [0, 0.1) is 0 Å². The predicted molar refractivity (Wildman–Crippen MR) is 90.2 cm³/mol. The first-order valence-corrected chi connectivity index (χ1v) is 7.66. The lowest BCUT2D eigenvalue weighted by atomic mass is 10.3. The lowest BCUT2D eigenvalue weighted by molar-refractivity contribution is -0.148. The van der Waals surface area contributed by atoms with E-state index in [9.17, 15) is 19.2 Å². The van der Waals surface area contributed by atoms with Crippen LogP contribution in [0.3, 0.4) is 0 Å². The molecule has 0 aliphatic heterocycles. The van der Waals surface area contributed by atoms with Crippen LogP contribution in [-0.2, 0) is 19.2 Å². The number of ether oxygens (including phenoxy) is 2. The monoisotopic (exact) mass is 356 g/mol. The number of rotatable bonds is 5. The summed E-state index contributed by atoms with van der Waals surface area (Å²) in [6.45, 7) is -0.125. The molecule has 0 bridgehead atoms. The first kappa shape index (κ1) is 18.7. The second-order valence-electron chi connectivity index (χ2n) is 4.92. The minimum absolute atomic E-state index is 0.0624. The van der Waals surface area contributed by atoms with Crippen molar-refractivity contribution >= 4 is 23.8 Å². The molecule has 0 radical (unpaired) electrons. The second kappa shape index (κ2) is 9.58. The third-order valence-electron chi connectivity index (χ3n) is 2.97. The van der Waals surface area contributed by atoms with Crippen molar-refractivity contribution in [3.63, 3.8) is 0 Å². The van der Waals surface area contributed by atoms with Gasteiger partial charge in [-0.05, 0) is 24.3 Å². The van der Waals surface area contributed by atoms with E-state index in [-0.39, 0.29) is 24.6 Å². The van der Waals surface area contributed by atoms with Crippen LogP contribution >= 0.6 is 0 Å². The summed E-state index contributed by atoms with van der Waals surface area (Å²) < 4.78 is 9.69. The lowest BCUT2D eigenvalue weighted by Gasteiger charge is -2.07. The van der Waals surface area contributed by atoms with Gasteiger partial charge in [0.2, 0.25) is 0 Å². The molecule has 26 heavy (non-hydrogen) atoms. The van der Waals surface area contributed by atoms with E-state index in [1.165, 1.54) is 24.3 Å². The number of para-hydroxylation sites is 2. The van der Waals surface area contributed by atoms with Crippen LogP contribution in [0.4, 0.5) is 0 Å². The van der Waals surface area contributed by atoms with Crippen molar-refractivity contribution < 1.29 is 28.7 Å². The fourth-order valence-electron chi connectivity index (χ4n) is 1.78. The van der Waals surface area contributed by atoms with Crippen molar-refractivity contribution in [2.45, 2.75) is 0 Å². The highest BCUT2D eigenvalue weighted by molar-refractivity contribution is 6.33. The lowest BCUT2D eigenvalue weighted by Crippen LogP contribution is -2.41. The molecule has 0 aromatic heterocycles. The van der Waals surface area contributed by atoms with E-state index < -0.39 is 23.8 Å². The summed E-state index contributed by atoms with van der Waals surface area (Å²) in [6, 6.07) is 16.2. The van der Waals surface area contributed by atoms with Crippen molar-refractivity contribution in [1.82, 2.24) is 10.6 Å². The molecule has 134 valence electrons. The number of hydrogen-bond donors (Lipinski definition) is 2. The molecule has 0 spiro atoms. The molecule has 0 atom stereocenters. The third kappa shape index (κ3) is 6.08. The Morgan fingerprint density at radius 3 is 1.31 bits per heavy atom. The summed E-state index contributed by atoms with van der Waals surface area (Å²) in [6.07, 6.45) is 0. The van der Waals surface area contributed by atoms with E-state index in [2.05, 4.69) is 10.6 Å². The van der Waals surface area contributed by atoms with Crippen LogP contribution in [-0.4, -0.2) is 36.8 Å². The standard InChI is InChI=1S/C18H16N2O6/c21-15(17(23)25-13-7-3-1-4-8-13)19-11-12-20-16(22)18(24)26-14-9-5-2-6-10-14/h1-10H,11-12H2,(H,19,21)(H,20,22). The number of hydrogen-bond acceptors (Lipinski definition) is 6. The van der Waals surface area contributed by atoms with Gasteiger partial charge in [-0.2, -0.15) is 0 Å². The highest BCUT2D eigenvalue weighted by Crippen LogP contribution is 2.08. The van der Waals surface area contributed by atoms with Gasteiger partial charge in [0.1, 0.15) is 11.5 Å². The molecule has 0 unspecified atom stereocenters. The summed E-state index contributed by atoms with van der Waals surface area (Å²) in [4.78, 5) is 46.3. The molecular weight excluding hydrogens is 340 g/mol. The molecule has 0 aliphatic rings. The minimum Gasteiger partial charge on any atom is -0.419 e. The Labute approximate surface area is 149 Å². The zero-order valence-electron chi connectivity index (χ0n) is 13.6. The van der Waals surface area contributed by atoms with Gasteiger partial charge in [-0.15, -0.1) is 0 Å². The minimum atomic E-state index is -1.08. The molecule has 2 rings (SSSR count). The Balaban J connectivity index is 1.66. The quantitative estimate of drug-likeness (QED) is 0.348. The average Bonchev–Trinajstić information content (AvgIpc) is 2.66. The molecule has 8 nitrogen and oxygen atoms in total. The van der Waals surface area contributed by atoms with Gasteiger partial charge in [0.05, 0.1) is 0 Å². The Morgan fingerprint density at radius 1 is 0.615 bits per heavy atom. The molecule has 2 aromatic rings. The average molecular weight is 356 g/mol. The highest BCUT2D eigenvalue weighted by Gasteiger charge is 2.17. The van der Waals surface area contributed by atoms with Gasteiger partial charge in [-0.25, -0.2) is 9.59 Å². The van der Waals surface area contributed by atoms with Gasteiger partial charge in [0.25, 0.3) is 0 Å². The molecule has 0 fully saturated rings. The Kier molecular flexibility index (Phi) is 6.87. The van der Waals surface area contributed by atoms with Gasteiger partial charge in [0, 0.05) is 13.1 Å². The molecule has 0 saturated carbocycles. The maximum absolute atomic E-state index is 11.6. The van der Waals surface area contributed by atoms with Crippen LogP contribution in [0.5, 0.6) is 11.5 Å². The van der Waals surface area contributed by atoms with Gasteiger partial charge in [-0.1, -0.05) is 36.4 Å². The number of benzene rings is 2. The Hall–Kier alpha value is -3.68. The van der Waals surface area contributed by atoms with E-state index >= 15 is 0 Å². The van der Waals surface area contributed by atoms with E-state index in [1.807, 2.05) is 0 Å². The maximum Gasteiger partial charge on any atom is 0.402 e. The fourth-order valence-corrected chi connectivity index (χ4v) is 1.78. The molecule has 0 saturated heterocycles. The number of carbonyl (C=O) groups is 4. The van der Waals surface area contributed by atoms with Crippen molar-refractivity contribution in [1.29, 1.82) is 0 Å². The number of esters is 2. The highest BCUT2D eigenvalue weighted by atomic mass is 16.5. The van der Waals surface area contributed by atoms with Gasteiger partial charge < -0.3 is 20.1 Å². The van der Waals surface area contributed by atoms with Crippen molar-refractivity contribution in [3.8, 4) is 11.5 Å². The second-order valence-corrected chi connectivity index (χ2v) is 4.92. The van der Waals surface area contributed by atoms with E-state index in [1.54, 1.807) is 36.4 Å². The summed E-state index contributed by atoms with van der Waals surface area (Å²) in [5.74, 6) is -3.60. The fraction of sp³-hybridized carbons (Fsp3) is 0.111. The molecule has 2 amide bonds. The van der Waals surface area contributed by atoms with Crippen molar-refractivity contribution in [3.05, 3.63) is 60.7 Å². The molecule has 0 aliphatic carbocycles. The normalized spacial score (nSPS) is 9.69. The van der Waals surface area contributed by atoms with Crippen LogP contribution in [0.1, 0.15) is 0 Å². The summed E-state index contributed by atoms with van der Waals surface area (Å²) in [7, 11) is 0. The van der Waals surface area contributed by atoms with E-state index in [0.717, 1.165) is 0 Å². The topological polar surface area (TPSA) is 111 Å². The van der Waals surface area contributed by atoms with Crippen molar-refractivity contribution in [2.75, 3.05) is 13.1 Å². The van der Waals surface area contributed by atoms with E-state index in [4.69, 9.17) is 9.47 Å².